The molecule has 5 heteroatoms. The molecule has 3 atom stereocenters. The largest absolute Gasteiger partial charge is 0.444 e. The van der Waals surface area contributed by atoms with E-state index in [-0.39, 0.29) is 12.1 Å². The molecule has 0 bridgehead atoms. The third-order valence-corrected chi connectivity index (χ3v) is 4.51. The number of hydrogen-bond donors (Lipinski definition) is 1. The lowest BCUT2D eigenvalue weighted by Crippen LogP contribution is -2.50. The predicted molar refractivity (Wildman–Crippen MR) is 81.9 cm³/mol. The lowest BCUT2D eigenvalue weighted by molar-refractivity contribution is -0.00807. The summed E-state index contributed by atoms with van der Waals surface area (Å²) >= 11 is 0. The monoisotopic (exact) mass is 298 g/mol. The Morgan fingerprint density at radius 3 is 2.52 bits per heavy atom. The van der Waals surface area contributed by atoms with Crippen molar-refractivity contribution in [3.63, 3.8) is 0 Å². The first-order valence-electron chi connectivity index (χ1n) is 8.20. The smallest absolute Gasteiger partial charge is 0.410 e. The first kappa shape index (κ1) is 16.6. The number of nitrogens with one attached hydrogen (secondary N) is 1. The van der Waals surface area contributed by atoms with E-state index in [0.29, 0.717) is 12.0 Å². The normalized spacial score (nSPS) is 30.5. The second-order valence-corrected chi connectivity index (χ2v) is 7.26. The number of nitrogens with zero attached hydrogens (tertiary/aromatic N) is 1. The fraction of sp³-hybridized carbons (Fsp3) is 0.938. The number of amides is 1. The molecule has 0 aromatic carbocycles. The maximum Gasteiger partial charge on any atom is 0.410 e. The van der Waals surface area contributed by atoms with Crippen LogP contribution in [0.25, 0.3) is 0 Å². The number of rotatable bonds is 3. The quantitative estimate of drug-likeness (QED) is 0.813. The average Bonchev–Trinajstić information content (AvgIpc) is 2.87. The molecule has 0 aromatic heterocycles. The Morgan fingerprint density at radius 1 is 1.14 bits per heavy atom. The van der Waals surface area contributed by atoms with Gasteiger partial charge in [-0.15, -0.1) is 0 Å². The minimum Gasteiger partial charge on any atom is -0.444 e. The van der Waals surface area contributed by atoms with Crippen LogP contribution in [-0.2, 0) is 9.57 Å². The Balaban J connectivity index is 2.04. The molecule has 1 amide bonds. The standard InChI is InChI=1S/C16H30N2O3/c1-16(2,3)21-15(19)18-11-7-10-14(18)12-8-5-6-9-13(12)17-20-4/h12-14,17H,5-11H2,1-4H3. The summed E-state index contributed by atoms with van der Waals surface area (Å²) in [6, 6.07) is 0.629. The van der Waals surface area contributed by atoms with Crippen molar-refractivity contribution in [2.45, 2.75) is 77.0 Å². The lowest BCUT2D eigenvalue weighted by Gasteiger charge is -2.39. The topological polar surface area (TPSA) is 50.8 Å². The van der Waals surface area contributed by atoms with Crippen molar-refractivity contribution in [2.75, 3.05) is 13.7 Å². The van der Waals surface area contributed by atoms with E-state index in [0.717, 1.165) is 32.2 Å². The van der Waals surface area contributed by atoms with Gasteiger partial charge in [-0.05, 0) is 52.4 Å². The fourth-order valence-corrected chi connectivity index (χ4v) is 3.70. The zero-order valence-electron chi connectivity index (χ0n) is 13.9. The highest BCUT2D eigenvalue weighted by Crippen LogP contribution is 2.35. The van der Waals surface area contributed by atoms with Gasteiger partial charge in [-0.2, -0.15) is 5.48 Å². The maximum atomic E-state index is 12.4. The van der Waals surface area contributed by atoms with E-state index in [1.165, 1.54) is 12.8 Å². The molecule has 3 unspecified atom stereocenters. The molecule has 0 radical (unpaired) electrons. The van der Waals surface area contributed by atoms with E-state index in [1.54, 1.807) is 7.11 Å². The van der Waals surface area contributed by atoms with Gasteiger partial charge < -0.3 is 14.5 Å². The van der Waals surface area contributed by atoms with Crippen molar-refractivity contribution < 1.29 is 14.4 Å². The first-order valence-corrected chi connectivity index (χ1v) is 8.20. The van der Waals surface area contributed by atoms with Gasteiger partial charge in [0.1, 0.15) is 5.60 Å². The van der Waals surface area contributed by atoms with E-state index in [2.05, 4.69) is 5.48 Å². The van der Waals surface area contributed by atoms with Crippen LogP contribution >= 0.6 is 0 Å². The maximum absolute atomic E-state index is 12.4. The predicted octanol–water partition coefficient (Wildman–Crippen LogP) is 3.10. The Bertz CT molecular complexity index is 352. The summed E-state index contributed by atoms with van der Waals surface area (Å²) in [4.78, 5) is 19.5. The van der Waals surface area contributed by atoms with Crippen molar-refractivity contribution in [3.05, 3.63) is 0 Å². The molecule has 21 heavy (non-hydrogen) atoms. The van der Waals surface area contributed by atoms with Crippen LogP contribution in [0, 0.1) is 5.92 Å². The van der Waals surface area contributed by atoms with Crippen LogP contribution in [0.15, 0.2) is 0 Å². The van der Waals surface area contributed by atoms with E-state index in [4.69, 9.17) is 9.57 Å². The van der Waals surface area contributed by atoms with Crippen LogP contribution in [0.2, 0.25) is 0 Å². The zero-order valence-corrected chi connectivity index (χ0v) is 13.9. The van der Waals surface area contributed by atoms with E-state index in [1.807, 2.05) is 25.7 Å². The zero-order chi connectivity index (χ0) is 15.5. The highest BCUT2D eigenvalue weighted by atomic mass is 16.6. The third-order valence-electron chi connectivity index (χ3n) is 4.51. The second kappa shape index (κ2) is 6.97. The Labute approximate surface area is 128 Å². The summed E-state index contributed by atoms with van der Waals surface area (Å²) in [6.07, 6.45) is 6.74. The third kappa shape index (κ3) is 4.33. The molecule has 0 aromatic rings. The molecule has 1 heterocycles. The fourth-order valence-electron chi connectivity index (χ4n) is 3.70. The molecule has 5 nitrogen and oxygen atoms in total. The van der Waals surface area contributed by atoms with Gasteiger partial charge in [-0.1, -0.05) is 12.8 Å². The number of hydroxylamine groups is 1. The van der Waals surface area contributed by atoms with Gasteiger partial charge in [0.15, 0.2) is 0 Å². The molecule has 1 N–H and O–H groups in total. The summed E-state index contributed by atoms with van der Waals surface area (Å²) in [6.45, 7) is 6.58. The van der Waals surface area contributed by atoms with Gasteiger partial charge in [0, 0.05) is 18.6 Å². The van der Waals surface area contributed by atoms with E-state index in [9.17, 15) is 4.79 Å². The summed E-state index contributed by atoms with van der Waals surface area (Å²) < 4.78 is 5.57. The van der Waals surface area contributed by atoms with E-state index < -0.39 is 5.60 Å². The molecule has 1 saturated heterocycles. The van der Waals surface area contributed by atoms with Crippen molar-refractivity contribution in [3.8, 4) is 0 Å². The van der Waals surface area contributed by atoms with Crippen LogP contribution in [0.4, 0.5) is 4.79 Å². The van der Waals surface area contributed by atoms with Crippen LogP contribution in [-0.4, -0.2) is 42.3 Å². The van der Waals surface area contributed by atoms with Gasteiger partial charge in [0.25, 0.3) is 0 Å². The second-order valence-electron chi connectivity index (χ2n) is 7.26. The summed E-state index contributed by atoms with van der Waals surface area (Å²) in [5, 5.41) is 0. The molecule has 2 rings (SSSR count). The Morgan fingerprint density at radius 2 is 1.86 bits per heavy atom. The van der Waals surface area contributed by atoms with Gasteiger partial charge in [0.2, 0.25) is 0 Å². The van der Waals surface area contributed by atoms with Gasteiger partial charge in [-0.3, -0.25) is 0 Å². The minimum absolute atomic E-state index is 0.160. The SMILES string of the molecule is CONC1CCCCC1C1CCCN1C(=O)OC(C)(C)C. The minimum atomic E-state index is -0.430. The highest BCUT2D eigenvalue weighted by Gasteiger charge is 2.41. The highest BCUT2D eigenvalue weighted by molar-refractivity contribution is 5.69. The van der Waals surface area contributed by atoms with Crippen LogP contribution in [0.5, 0.6) is 0 Å². The Hall–Kier alpha value is -0.810. The number of hydrogen-bond acceptors (Lipinski definition) is 4. The number of carbonyl (C=O) groups excluding carboxylic acids is 1. The molecule has 0 spiro atoms. The molecule has 1 saturated carbocycles. The molecular formula is C16H30N2O3. The number of ether oxygens (including phenoxy) is 1. The molecule has 122 valence electrons. The number of carbonyl (C=O) groups is 1. The van der Waals surface area contributed by atoms with Crippen molar-refractivity contribution in [1.82, 2.24) is 10.4 Å². The summed E-state index contributed by atoms with van der Waals surface area (Å²) in [7, 11) is 1.67. The lowest BCUT2D eigenvalue weighted by atomic mass is 9.79. The molecule has 2 aliphatic rings. The first-order chi connectivity index (χ1) is 9.92. The van der Waals surface area contributed by atoms with Crippen LogP contribution < -0.4 is 5.48 Å². The van der Waals surface area contributed by atoms with Crippen molar-refractivity contribution in [1.29, 1.82) is 0 Å². The van der Waals surface area contributed by atoms with Gasteiger partial charge in [-0.25, -0.2) is 4.79 Å². The molecule has 1 aliphatic carbocycles. The van der Waals surface area contributed by atoms with Gasteiger partial charge in [0.05, 0.1) is 7.11 Å². The van der Waals surface area contributed by atoms with Crippen molar-refractivity contribution >= 4 is 6.09 Å². The molecule has 1 aliphatic heterocycles. The van der Waals surface area contributed by atoms with E-state index >= 15 is 0 Å². The van der Waals surface area contributed by atoms with Crippen molar-refractivity contribution in [2.24, 2.45) is 5.92 Å². The summed E-state index contributed by atoms with van der Waals surface area (Å²) in [5.74, 6) is 0.466. The number of likely N-dealkylation sites (tertiary alicyclic amines) is 1. The van der Waals surface area contributed by atoms with Crippen LogP contribution in [0.3, 0.4) is 0 Å². The summed E-state index contributed by atoms with van der Waals surface area (Å²) in [5.41, 5.74) is 2.71. The van der Waals surface area contributed by atoms with Crippen LogP contribution in [0.1, 0.15) is 59.3 Å². The Kier molecular flexibility index (Phi) is 5.49. The molecular weight excluding hydrogens is 268 g/mol. The van der Waals surface area contributed by atoms with Gasteiger partial charge >= 0.3 is 6.09 Å². The average molecular weight is 298 g/mol. The molecule has 2 fully saturated rings.